The summed E-state index contributed by atoms with van der Waals surface area (Å²) in [6.45, 7) is 4.69. The lowest BCUT2D eigenvalue weighted by molar-refractivity contribution is -0.142. The zero-order valence-electron chi connectivity index (χ0n) is 19.7. The molecular weight excluding hydrogens is 448 g/mol. The van der Waals surface area contributed by atoms with E-state index >= 15 is 0 Å². The number of carbonyl (C=O) groups excluding carboxylic acids is 2. The van der Waals surface area contributed by atoms with Crippen LogP contribution in [0.3, 0.4) is 0 Å². The molecule has 0 heterocycles. The first kappa shape index (κ1) is 25.3. The van der Waals surface area contributed by atoms with E-state index in [0.29, 0.717) is 30.3 Å². The van der Waals surface area contributed by atoms with Gasteiger partial charge in [0.2, 0.25) is 5.91 Å². The number of hydrogen-bond acceptors (Lipinski definition) is 3. The van der Waals surface area contributed by atoms with E-state index in [1.807, 2.05) is 68.4 Å². The van der Waals surface area contributed by atoms with Crippen molar-refractivity contribution in [1.29, 1.82) is 0 Å². The van der Waals surface area contributed by atoms with Crippen LogP contribution in [0.4, 0.5) is 0 Å². The van der Waals surface area contributed by atoms with Gasteiger partial charge in [-0.3, -0.25) is 9.59 Å². The monoisotopic (exact) mass is 478 g/mol. The maximum Gasteiger partial charge on any atom is 0.261 e. The number of rotatable bonds is 11. The molecule has 0 spiro atoms. The molecule has 1 N–H and O–H groups in total. The van der Waals surface area contributed by atoms with Gasteiger partial charge in [0.05, 0.1) is 0 Å². The summed E-state index contributed by atoms with van der Waals surface area (Å²) in [7, 11) is 0. The molecule has 6 heteroatoms. The van der Waals surface area contributed by atoms with Crippen molar-refractivity contribution in [1.82, 2.24) is 10.2 Å². The maximum atomic E-state index is 13.5. The van der Waals surface area contributed by atoms with Gasteiger partial charge in [-0.25, -0.2) is 0 Å². The van der Waals surface area contributed by atoms with E-state index in [1.54, 1.807) is 29.2 Å². The van der Waals surface area contributed by atoms with Gasteiger partial charge >= 0.3 is 0 Å². The second kappa shape index (κ2) is 12.8. The number of ether oxygens (including phenoxy) is 1. The lowest BCUT2D eigenvalue weighted by atomic mass is 10.0. The summed E-state index contributed by atoms with van der Waals surface area (Å²) in [5, 5.41) is 3.57. The molecule has 0 saturated heterocycles. The molecule has 0 saturated carbocycles. The zero-order valence-corrected chi connectivity index (χ0v) is 20.4. The molecular formula is C28H31ClN2O3. The molecule has 0 bridgehead atoms. The summed E-state index contributed by atoms with van der Waals surface area (Å²) in [5.74, 6) is 0.116. The van der Waals surface area contributed by atoms with Gasteiger partial charge < -0.3 is 15.0 Å². The fourth-order valence-electron chi connectivity index (χ4n) is 3.69. The molecule has 0 aliphatic rings. The third kappa shape index (κ3) is 7.63. The van der Waals surface area contributed by atoms with E-state index in [1.165, 1.54) is 0 Å². The molecule has 178 valence electrons. The first-order chi connectivity index (χ1) is 16.5. The van der Waals surface area contributed by atoms with Crippen LogP contribution in [0.15, 0.2) is 78.9 Å². The topological polar surface area (TPSA) is 58.6 Å². The second-order valence-electron chi connectivity index (χ2n) is 8.25. The van der Waals surface area contributed by atoms with Crippen molar-refractivity contribution < 1.29 is 14.3 Å². The Hall–Kier alpha value is -3.31. The molecule has 3 aromatic rings. The molecule has 34 heavy (non-hydrogen) atoms. The first-order valence-electron chi connectivity index (χ1n) is 11.5. The molecule has 1 unspecified atom stereocenters. The quantitative estimate of drug-likeness (QED) is 0.412. The van der Waals surface area contributed by atoms with Crippen molar-refractivity contribution in [3.63, 3.8) is 0 Å². The Kier molecular flexibility index (Phi) is 9.53. The summed E-state index contributed by atoms with van der Waals surface area (Å²) < 4.78 is 5.74. The van der Waals surface area contributed by atoms with Crippen LogP contribution in [0.1, 0.15) is 30.0 Å². The number of benzene rings is 3. The van der Waals surface area contributed by atoms with Crippen LogP contribution in [0.2, 0.25) is 5.02 Å². The Morgan fingerprint density at radius 2 is 1.68 bits per heavy atom. The van der Waals surface area contributed by atoms with Crippen LogP contribution in [-0.4, -0.2) is 35.9 Å². The number of nitrogens with one attached hydrogen (secondary N) is 1. The van der Waals surface area contributed by atoms with E-state index in [-0.39, 0.29) is 18.4 Å². The normalized spacial score (nSPS) is 11.5. The van der Waals surface area contributed by atoms with Gasteiger partial charge in [0.15, 0.2) is 6.61 Å². The van der Waals surface area contributed by atoms with Crippen LogP contribution in [0.25, 0.3) is 0 Å². The van der Waals surface area contributed by atoms with E-state index in [9.17, 15) is 9.59 Å². The number of amides is 2. The third-order valence-corrected chi connectivity index (χ3v) is 5.68. The van der Waals surface area contributed by atoms with Gasteiger partial charge in [-0.05, 0) is 48.7 Å². The molecule has 5 nitrogen and oxygen atoms in total. The smallest absolute Gasteiger partial charge is 0.261 e. The fourth-order valence-corrected chi connectivity index (χ4v) is 3.81. The Balaban J connectivity index is 1.88. The van der Waals surface area contributed by atoms with E-state index in [0.717, 1.165) is 23.1 Å². The van der Waals surface area contributed by atoms with Crippen LogP contribution in [0, 0.1) is 6.92 Å². The molecule has 2 amide bonds. The standard InChI is InChI=1S/C28H31ClN2O3/c1-3-16-30-28(33)26(18-22-9-5-4-6-10-22)31(19-23-11-7-8-21(2)17-23)27(32)20-34-25-14-12-24(29)13-15-25/h4-15,17,26H,3,16,18-20H2,1-2H3,(H,30,33). The maximum absolute atomic E-state index is 13.5. The van der Waals surface area contributed by atoms with Crippen LogP contribution >= 0.6 is 11.6 Å². The lowest BCUT2D eigenvalue weighted by Crippen LogP contribution is -2.51. The predicted octanol–water partition coefficient (Wildman–Crippen LogP) is 5.19. The Bertz CT molecular complexity index is 1070. The second-order valence-corrected chi connectivity index (χ2v) is 8.69. The average molecular weight is 479 g/mol. The molecule has 0 aliphatic carbocycles. The molecule has 0 fully saturated rings. The minimum absolute atomic E-state index is 0.168. The van der Waals surface area contributed by atoms with Gasteiger partial charge in [-0.2, -0.15) is 0 Å². The van der Waals surface area contributed by atoms with Crippen molar-refractivity contribution in [3.8, 4) is 5.75 Å². The van der Waals surface area contributed by atoms with Gasteiger partial charge in [0.25, 0.3) is 5.91 Å². The summed E-state index contributed by atoms with van der Waals surface area (Å²) in [5.41, 5.74) is 3.04. The third-order valence-electron chi connectivity index (χ3n) is 5.43. The molecule has 0 aliphatic heterocycles. The van der Waals surface area contributed by atoms with Crippen molar-refractivity contribution >= 4 is 23.4 Å². The first-order valence-corrected chi connectivity index (χ1v) is 11.9. The number of nitrogens with zero attached hydrogens (tertiary/aromatic N) is 1. The van der Waals surface area contributed by atoms with Crippen molar-refractivity contribution in [2.24, 2.45) is 0 Å². The highest BCUT2D eigenvalue weighted by atomic mass is 35.5. The average Bonchev–Trinajstić information content (AvgIpc) is 2.85. The highest BCUT2D eigenvalue weighted by Crippen LogP contribution is 2.18. The number of hydrogen-bond donors (Lipinski definition) is 1. The molecule has 0 radical (unpaired) electrons. The van der Waals surface area contributed by atoms with Crippen molar-refractivity contribution in [2.45, 2.75) is 39.3 Å². The predicted molar refractivity (Wildman–Crippen MR) is 136 cm³/mol. The number of carbonyl (C=O) groups is 2. The molecule has 1 atom stereocenters. The molecule has 3 rings (SSSR count). The van der Waals surface area contributed by atoms with E-state index in [2.05, 4.69) is 5.32 Å². The Morgan fingerprint density at radius 3 is 2.35 bits per heavy atom. The van der Waals surface area contributed by atoms with Gasteiger partial charge in [-0.1, -0.05) is 78.7 Å². The minimum atomic E-state index is -0.671. The highest BCUT2D eigenvalue weighted by molar-refractivity contribution is 6.30. The highest BCUT2D eigenvalue weighted by Gasteiger charge is 2.30. The van der Waals surface area contributed by atoms with E-state index in [4.69, 9.17) is 16.3 Å². The van der Waals surface area contributed by atoms with Gasteiger partial charge in [0.1, 0.15) is 11.8 Å². The van der Waals surface area contributed by atoms with Crippen LogP contribution < -0.4 is 10.1 Å². The molecule has 3 aromatic carbocycles. The van der Waals surface area contributed by atoms with Crippen LogP contribution in [0.5, 0.6) is 5.75 Å². The minimum Gasteiger partial charge on any atom is -0.484 e. The lowest BCUT2D eigenvalue weighted by Gasteiger charge is -2.31. The number of halogens is 1. The fraction of sp³-hybridized carbons (Fsp3) is 0.286. The Morgan fingerprint density at radius 1 is 0.971 bits per heavy atom. The van der Waals surface area contributed by atoms with Crippen LogP contribution in [-0.2, 0) is 22.6 Å². The van der Waals surface area contributed by atoms with Crippen molar-refractivity contribution in [3.05, 3.63) is 101 Å². The summed E-state index contributed by atoms with van der Waals surface area (Å²) in [4.78, 5) is 28.4. The Labute approximate surface area is 206 Å². The zero-order chi connectivity index (χ0) is 24.3. The summed E-state index contributed by atoms with van der Waals surface area (Å²) >= 11 is 5.95. The number of aryl methyl sites for hydroxylation is 1. The van der Waals surface area contributed by atoms with Crippen molar-refractivity contribution in [2.75, 3.05) is 13.2 Å². The summed E-state index contributed by atoms with van der Waals surface area (Å²) in [6.07, 6.45) is 1.23. The summed E-state index contributed by atoms with van der Waals surface area (Å²) in [6, 6.07) is 23.9. The van der Waals surface area contributed by atoms with E-state index < -0.39 is 6.04 Å². The largest absolute Gasteiger partial charge is 0.484 e. The van der Waals surface area contributed by atoms with Gasteiger partial charge in [0, 0.05) is 24.5 Å². The molecule has 0 aromatic heterocycles. The van der Waals surface area contributed by atoms with Gasteiger partial charge in [-0.15, -0.1) is 0 Å². The SMILES string of the molecule is CCCNC(=O)C(Cc1ccccc1)N(Cc1cccc(C)c1)C(=O)COc1ccc(Cl)cc1.